The van der Waals surface area contributed by atoms with Gasteiger partial charge in [0, 0.05) is 43.9 Å². The number of imidazole rings is 1. The number of anilines is 1. The van der Waals surface area contributed by atoms with Gasteiger partial charge in [0.2, 0.25) is 5.91 Å². The van der Waals surface area contributed by atoms with Gasteiger partial charge in [0.1, 0.15) is 11.4 Å². The van der Waals surface area contributed by atoms with E-state index in [-0.39, 0.29) is 11.9 Å². The zero-order chi connectivity index (χ0) is 25.6. The van der Waals surface area contributed by atoms with Gasteiger partial charge in [-0.25, -0.2) is 9.78 Å². The van der Waals surface area contributed by atoms with E-state index in [1.54, 1.807) is 13.3 Å². The van der Waals surface area contributed by atoms with Crippen LogP contribution in [-0.4, -0.2) is 46.4 Å². The van der Waals surface area contributed by atoms with E-state index in [4.69, 9.17) is 4.74 Å². The van der Waals surface area contributed by atoms with Crippen molar-refractivity contribution in [2.45, 2.75) is 31.7 Å². The molecule has 1 aliphatic rings. The van der Waals surface area contributed by atoms with Crippen LogP contribution in [0.1, 0.15) is 35.4 Å². The summed E-state index contributed by atoms with van der Waals surface area (Å²) in [5.41, 5.74) is 4.78. The maximum atomic E-state index is 12.8. The third-order valence-electron chi connectivity index (χ3n) is 6.89. The smallest absolute Gasteiger partial charge is 0.319 e. The van der Waals surface area contributed by atoms with E-state index < -0.39 is 0 Å². The Balaban J connectivity index is 1.08. The Morgan fingerprint density at radius 1 is 1.00 bits per heavy atom. The van der Waals surface area contributed by atoms with Crippen LogP contribution >= 0.6 is 0 Å². The summed E-state index contributed by atoms with van der Waals surface area (Å²) in [4.78, 5) is 31.4. The van der Waals surface area contributed by atoms with Gasteiger partial charge in [0.05, 0.1) is 13.5 Å². The van der Waals surface area contributed by atoms with Crippen LogP contribution in [0.25, 0.3) is 5.65 Å². The third kappa shape index (κ3) is 6.09. The number of benzene rings is 2. The Morgan fingerprint density at radius 2 is 1.81 bits per heavy atom. The molecule has 2 aromatic carbocycles. The monoisotopic (exact) mass is 497 g/mol. The quantitative estimate of drug-likeness (QED) is 0.390. The van der Waals surface area contributed by atoms with Crippen molar-refractivity contribution in [3.8, 4) is 5.75 Å². The first-order valence-corrected chi connectivity index (χ1v) is 12.5. The standard InChI is InChI=1S/C29H31N5O3/c1-37-26-4-2-3-21(17-26)19-28(35)34-14-10-24(11-15-34)23-5-7-25(8-6-23)32-29(36)31-20-22-9-13-33-16-12-30-27(33)18-22/h2-9,12-13,16-18,24H,10-11,14-15,19-20H2,1H3,(H2,31,32,36). The molecule has 0 spiro atoms. The number of carbonyl (C=O) groups excluding carboxylic acids is 2. The van der Waals surface area contributed by atoms with Gasteiger partial charge in [-0.3, -0.25) is 4.79 Å². The second kappa shape index (κ2) is 11.2. The minimum Gasteiger partial charge on any atom is -0.497 e. The molecule has 1 aliphatic heterocycles. The molecule has 0 unspecified atom stereocenters. The Hall–Kier alpha value is -4.33. The lowest BCUT2D eigenvalue weighted by Crippen LogP contribution is -2.38. The van der Waals surface area contributed by atoms with Gasteiger partial charge in [0.25, 0.3) is 0 Å². The number of aromatic nitrogens is 2. The molecule has 4 aromatic rings. The molecule has 3 heterocycles. The lowest BCUT2D eigenvalue weighted by Gasteiger charge is -2.32. The van der Waals surface area contributed by atoms with Crippen molar-refractivity contribution in [2.75, 3.05) is 25.5 Å². The zero-order valence-corrected chi connectivity index (χ0v) is 20.9. The maximum absolute atomic E-state index is 12.8. The molecule has 3 amide bonds. The largest absolute Gasteiger partial charge is 0.497 e. The van der Waals surface area contributed by atoms with E-state index in [1.807, 2.05) is 70.2 Å². The molecule has 1 saturated heterocycles. The molecular formula is C29H31N5O3. The molecule has 5 rings (SSSR count). The number of nitrogens with one attached hydrogen (secondary N) is 2. The fourth-order valence-corrected chi connectivity index (χ4v) is 4.79. The number of fused-ring (bicyclic) bond motifs is 1. The molecule has 0 atom stereocenters. The van der Waals surface area contributed by atoms with Gasteiger partial charge in [-0.1, -0.05) is 24.3 Å². The second-order valence-corrected chi connectivity index (χ2v) is 9.34. The second-order valence-electron chi connectivity index (χ2n) is 9.34. The number of ether oxygens (including phenoxy) is 1. The summed E-state index contributed by atoms with van der Waals surface area (Å²) < 4.78 is 7.19. The molecule has 1 fully saturated rings. The molecule has 2 aromatic heterocycles. The third-order valence-corrected chi connectivity index (χ3v) is 6.89. The first-order chi connectivity index (χ1) is 18.1. The highest BCUT2D eigenvalue weighted by molar-refractivity contribution is 5.89. The Labute approximate surface area is 216 Å². The molecule has 8 heteroatoms. The number of carbonyl (C=O) groups is 2. The lowest BCUT2D eigenvalue weighted by atomic mass is 9.89. The van der Waals surface area contributed by atoms with Crippen molar-refractivity contribution in [3.63, 3.8) is 0 Å². The normalized spacial score (nSPS) is 13.9. The molecule has 190 valence electrons. The maximum Gasteiger partial charge on any atom is 0.319 e. The minimum atomic E-state index is -0.251. The Morgan fingerprint density at radius 3 is 2.59 bits per heavy atom. The van der Waals surface area contributed by atoms with E-state index in [0.29, 0.717) is 18.9 Å². The highest BCUT2D eigenvalue weighted by Crippen LogP contribution is 2.29. The van der Waals surface area contributed by atoms with Crippen LogP contribution in [0.5, 0.6) is 5.75 Å². The van der Waals surface area contributed by atoms with Gasteiger partial charge < -0.3 is 24.7 Å². The number of rotatable bonds is 7. The molecule has 0 radical (unpaired) electrons. The van der Waals surface area contributed by atoms with Crippen LogP contribution in [0, 0.1) is 0 Å². The van der Waals surface area contributed by atoms with Crippen molar-refractivity contribution in [1.29, 1.82) is 0 Å². The average Bonchev–Trinajstić information content (AvgIpc) is 3.41. The number of nitrogens with zero attached hydrogens (tertiary/aromatic N) is 3. The topological polar surface area (TPSA) is 88.0 Å². The van der Waals surface area contributed by atoms with Gasteiger partial charge in [-0.05, 0) is 71.8 Å². The highest BCUT2D eigenvalue weighted by atomic mass is 16.5. The number of urea groups is 1. The Bertz CT molecular complexity index is 1370. The van der Waals surface area contributed by atoms with Gasteiger partial charge in [-0.2, -0.15) is 0 Å². The summed E-state index contributed by atoms with van der Waals surface area (Å²) >= 11 is 0. The van der Waals surface area contributed by atoms with E-state index in [2.05, 4.69) is 27.8 Å². The van der Waals surface area contributed by atoms with Crippen molar-refractivity contribution >= 4 is 23.3 Å². The van der Waals surface area contributed by atoms with Crippen molar-refractivity contribution in [3.05, 3.63) is 95.9 Å². The number of pyridine rings is 1. The minimum absolute atomic E-state index is 0.155. The number of methoxy groups -OCH3 is 1. The number of likely N-dealkylation sites (tertiary alicyclic amines) is 1. The molecular weight excluding hydrogens is 466 g/mol. The van der Waals surface area contributed by atoms with Crippen molar-refractivity contribution in [1.82, 2.24) is 19.6 Å². The summed E-state index contributed by atoms with van der Waals surface area (Å²) in [5, 5.41) is 5.78. The van der Waals surface area contributed by atoms with Gasteiger partial charge in [-0.15, -0.1) is 0 Å². The SMILES string of the molecule is COc1cccc(CC(=O)N2CCC(c3ccc(NC(=O)NCc4ccn5ccnc5c4)cc3)CC2)c1. The summed E-state index contributed by atoms with van der Waals surface area (Å²) in [6, 6.07) is 19.3. The number of piperidine rings is 1. The molecule has 8 nitrogen and oxygen atoms in total. The molecule has 0 bridgehead atoms. The van der Waals surface area contributed by atoms with Crippen LogP contribution in [0.15, 0.2) is 79.3 Å². The molecule has 0 saturated carbocycles. The van der Waals surface area contributed by atoms with Crippen LogP contribution in [0.3, 0.4) is 0 Å². The van der Waals surface area contributed by atoms with Crippen molar-refractivity contribution in [2.24, 2.45) is 0 Å². The lowest BCUT2D eigenvalue weighted by molar-refractivity contribution is -0.131. The molecule has 0 aliphatic carbocycles. The van der Waals surface area contributed by atoms with Crippen LogP contribution in [0.2, 0.25) is 0 Å². The fraction of sp³-hybridized carbons (Fsp3) is 0.276. The van der Waals surface area contributed by atoms with E-state index >= 15 is 0 Å². The van der Waals surface area contributed by atoms with E-state index in [0.717, 1.165) is 54.1 Å². The van der Waals surface area contributed by atoms with E-state index in [1.165, 1.54) is 5.56 Å². The van der Waals surface area contributed by atoms with E-state index in [9.17, 15) is 9.59 Å². The number of amides is 3. The number of hydrogen-bond acceptors (Lipinski definition) is 4. The zero-order valence-electron chi connectivity index (χ0n) is 20.9. The van der Waals surface area contributed by atoms with Crippen molar-refractivity contribution < 1.29 is 14.3 Å². The van der Waals surface area contributed by atoms with Gasteiger partial charge >= 0.3 is 6.03 Å². The summed E-state index contributed by atoms with van der Waals surface area (Å²) in [5.74, 6) is 1.33. The van der Waals surface area contributed by atoms with Crippen LogP contribution < -0.4 is 15.4 Å². The highest BCUT2D eigenvalue weighted by Gasteiger charge is 2.24. The molecule has 37 heavy (non-hydrogen) atoms. The van der Waals surface area contributed by atoms with Crippen LogP contribution in [0.4, 0.5) is 10.5 Å². The fourth-order valence-electron chi connectivity index (χ4n) is 4.79. The summed E-state index contributed by atoms with van der Waals surface area (Å²) in [6.07, 6.45) is 7.81. The first kappa shape index (κ1) is 24.4. The number of hydrogen-bond donors (Lipinski definition) is 2. The van der Waals surface area contributed by atoms with Crippen LogP contribution in [-0.2, 0) is 17.8 Å². The summed E-state index contributed by atoms with van der Waals surface area (Å²) in [7, 11) is 1.63. The average molecular weight is 498 g/mol. The van der Waals surface area contributed by atoms with Gasteiger partial charge in [0.15, 0.2) is 0 Å². The summed E-state index contributed by atoms with van der Waals surface area (Å²) in [6.45, 7) is 1.92. The predicted octanol–water partition coefficient (Wildman–Crippen LogP) is 4.61. The Kier molecular flexibility index (Phi) is 7.35. The predicted molar refractivity (Wildman–Crippen MR) is 143 cm³/mol. The molecule has 2 N–H and O–H groups in total. The first-order valence-electron chi connectivity index (χ1n) is 12.5.